The average Bonchev–Trinajstić information content (AvgIpc) is 3.71. The van der Waals surface area contributed by atoms with Crippen LogP contribution in [0.15, 0.2) is 107 Å². The minimum Gasteiger partial charge on any atom is -0.489 e. The minimum atomic E-state index is -4.37. The Balaban J connectivity index is 0.946. The summed E-state index contributed by atoms with van der Waals surface area (Å²) in [7, 11) is -4.37. The van der Waals surface area contributed by atoms with Gasteiger partial charge < -0.3 is 30.0 Å². The summed E-state index contributed by atoms with van der Waals surface area (Å²) in [4.78, 5) is 31.7. The van der Waals surface area contributed by atoms with Gasteiger partial charge in [0.1, 0.15) is 31.0 Å². The summed E-state index contributed by atoms with van der Waals surface area (Å²) in [5.74, 6) is -0.00295. The van der Waals surface area contributed by atoms with Crippen molar-refractivity contribution in [3.05, 3.63) is 152 Å². The minimum absolute atomic E-state index is 0.00370. The van der Waals surface area contributed by atoms with Gasteiger partial charge in [-0.2, -0.15) is 9.57 Å². The summed E-state index contributed by atoms with van der Waals surface area (Å²) in [5.41, 5.74) is 6.24. The zero-order valence-corrected chi connectivity index (χ0v) is 39.4. The van der Waals surface area contributed by atoms with Crippen molar-refractivity contribution < 1.29 is 37.3 Å². The predicted molar refractivity (Wildman–Crippen MR) is 255 cm³/mol. The number of ether oxygens (including phenoxy) is 3. The predicted octanol–water partition coefficient (Wildman–Crippen LogP) is 9.53. The molecule has 1 saturated carbocycles. The van der Waals surface area contributed by atoms with Crippen LogP contribution in [0, 0.1) is 24.2 Å². The molecule has 0 bridgehead atoms. The van der Waals surface area contributed by atoms with Crippen LogP contribution in [-0.4, -0.2) is 59.9 Å². The third-order valence-corrected chi connectivity index (χ3v) is 16.7. The van der Waals surface area contributed by atoms with Gasteiger partial charge in [0.2, 0.25) is 5.91 Å². The largest absolute Gasteiger partial charge is 0.489 e. The van der Waals surface area contributed by atoms with Crippen molar-refractivity contribution >= 4 is 61.6 Å². The number of nitrogens with zero attached hydrogens (tertiary/aromatic N) is 3. The molecule has 17 heteroatoms. The summed E-state index contributed by atoms with van der Waals surface area (Å²) in [6, 6.07) is 30.1. The molecule has 3 heterocycles. The van der Waals surface area contributed by atoms with E-state index in [9.17, 15) is 23.1 Å². The van der Waals surface area contributed by atoms with Crippen molar-refractivity contribution in [2.24, 2.45) is 5.92 Å². The van der Waals surface area contributed by atoms with E-state index in [1.54, 1.807) is 55.5 Å². The molecule has 1 amide bonds. The number of sulfonamides is 1. The van der Waals surface area contributed by atoms with E-state index in [-0.39, 0.29) is 30.2 Å². The van der Waals surface area contributed by atoms with E-state index in [0.29, 0.717) is 79.4 Å². The highest BCUT2D eigenvalue weighted by molar-refractivity contribution is 7.91. The van der Waals surface area contributed by atoms with Crippen LogP contribution in [0.5, 0.6) is 17.2 Å². The number of amides is 1. The average molecular weight is 979 g/mol. The number of nitriles is 1. The van der Waals surface area contributed by atoms with Crippen LogP contribution in [0.25, 0.3) is 11.1 Å². The van der Waals surface area contributed by atoms with Gasteiger partial charge in [-0.15, -0.1) is 0 Å². The summed E-state index contributed by atoms with van der Waals surface area (Å²) in [6.07, 6.45) is 2.79. The summed E-state index contributed by atoms with van der Waals surface area (Å²) in [5, 5.41) is 26.9. The maximum atomic E-state index is 14.8. The van der Waals surface area contributed by atoms with Crippen molar-refractivity contribution in [2.75, 3.05) is 18.5 Å². The van der Waals surface area contributed by atoms with Crippen LogP contribution < -0.4 is 24.8 Å². The molecule has 67 heavy (non-hydrogen) atoms. The van der Waals surface area contributed by atoms with Crippen LogP contribution in [0.1, 0.15) is 64.4 Å². The summed E-state index contributed by atoms with van der Waals surface area (Å²) >= 11 is 13.2. The highest BCUT2D eigenvalue weighted by Crippen LogP contribution is 2.43. The first-order valence-corrected chi connectivity index (χ1v) is 24.8. The second kappa shape index (κ2) is 19.6. The van der Waals surface area contributed by atoms with Crippen molar-refractivity contribution in [3.63, 3.8) is 0 Å². The second-order valence-electron chi connectivity index (χ2n) is 16.9. The monoisotopic (exact) mass is 977 g/mol. The number of carbonyl (C=O) groups excluding carboxylic acids is 1. The van der Waals surface area contributed by atoms with Gasteiger partial charge in [-0.1, -0.05) is 95.6 Å². The zero-order chi connectivity index (χ0) is 46.8. The molecule has 1 fully saturated rings. The van der Waals surface area contributed by atoms with Crippen LogP contribution in [0.4, 0.5) is 5.13 Å². The Morgan fingerprint density at radius 2 is 1.64 bits per heavy atom. The number of carbonyl (C=O) groups is 2. The molecule has 9 rings (SSSR count). The quantitative estimate of drug-likeness (QED) is 0.0892. The molecule has 5 aromatic carbocycles. The zero-order valence-electron chi connectivity index (χ0n) is 36.2. The number of thiazole rings is 1. The molecular formula is C50H45Cl2N5O8S2. The number of aromatic nitrogens is 1. The number of rotatable bonds is 15. The number of carboxylic acids is 1. The molecule has 6 aromatic rings. The van der Waals surface area contributed by atoms with E-state index < -0.39 is 40.1 Å². The summed E-state index contributed by atoms with van der Waals surface area (Å²) < 4.78 is 49.5. The van der Waals surface area contributed by atoms with E-state index >= 15 is 0 Å². The Kier molecular flexibility index (Phi) is 13.4. The SMILES string of the molecule is Cc1nc(NCC2CCC2)sc1S(=O)(=O)N1Cc2cc3c(cc2CC1C(=O)N[C@@H](Cc1ccc(-c2ccc(C#N)cc2)cc1)C(=O)O)OC[C@H](c1ccc(OCc2ccc(Cl)c(Cl)c2)cc1)O3. The van der Waals surface area contributed by atoms with Crippen LogP contribution in [0.2, 0.25) is 10.0 Å². The Labute approximate surface area is 402 Å². The van der Waals surface area contributed by atoms with Gasteiger partial charge in [0.25, 0.3) is 10.0 Å². The van der Waals surface area contributed by atoms with Gasteiger partial charge in [-0.05, 0) is 120 Å². The number of aryl methyl sites for hydroxylation is 1. The molecule has 1 aliphatic carbocycles. The highest BCUT2D eigenvalue weighted by atomic mass is 35.5. The molecule has 2 aliphatic heterocycles. The number of carboxylic acid groups (broad SMARTS) is 1. The van der Waals surface area contributed by atoms with Crippen molar-refractivity contribution in [2.45, 2.75) is 74.6 Å². The number of nitrogens with one attached hydrogen (secondary N) is 2. The maximum absolute atomic E-state index is 14.8. The standard InChI is InChI=1S/C50H45Cl2N5O8S2/c1-29-49(66-50(55-29)54-25-32-3-2-4-32)67(61,62)57-26-38-23-45-44(64-28-46(65-45)36-14-16-39(17-15-36)63-27-33-9-18-40(51)41(52)19-33)22-37(38)21-43(57)47(58)56-42(48(59)60)20-30-5-10-34(11-6-30)35-12-7-31(24-53)8-13-35/h5-19,22-23,32,42-43,46H,2-4,20-21,25-28H2,1H3,(H,54,55)(H,56,58)(H,59,60)/t42-,43?,46+/m0/s1. The van der Waals surface area contributed by atoms with Crippen molar-refractivity contribution in [1.29, 1.82) is 5.26 Å². The number of hydrogen-bond donors (Lipinski definition) is 3. The van der Waals surface area contributed by atoms with Crippen molar-refractivity contribution in [3.8, 4) is 34.4 Å². The molecule has 0 spiro atoms. The van der Waals surface area contributed by atoms with E-state index in [1.165, 1.54) is 6.42 Å². The van der Waals surface area contributed by atoms with Crippen LogP contribution in [0.3, 0.4) is 0 Å². The Bertz CT molecular complexity index is 2980. The molecule has 0 saturated heterocycles. The van der Waals surface area contributed by atoms with Crippen LogP contribution >= 0.6 is 34.5 Å². The Hall–Kier alpha value is -6.15. The molecule has 13 nitrogen and oxygen atoms in total. The topological polar surface area (TPSA) is 180 Å². The molecule has 344 valence electrons. The first-order valence-electron chi connectivity index (χ1n) is 21.8. The van der Waals surface area contributed by atoms with E-state index in [4.69, 9.17) is 42.7 Å². The van der Waals surface area contributed by atoms with Gasteiger partial charge in [0.15, 0.2) is 26.9 Å². The Morgan fingerprint density at radius 3 is 2.31 bits per heavy atom. The molecule has 3 N–H and O–H groups in total. The van der Waals surface area contributed by atoms with Gasteiger partial charge in [0, 0.05) is 19.5 Å². The normalized spacial score (nSPS) is 17.3. The lowest BCUT2D eigenvalue weighted by molar-refractivity contribution is -0.142. The van der Waals surface area contributed by atoms with E-state index in [0.717, 1.165) is 50.7 Å². The summed E-state index contributed by atoms with van der Waals surface area (Å²) in [6.45, 7) is 2.61. The third-order valence-electron chi connectivity index (χ3n) is 12.4. The van der Waals surface area contributed by atoms with Gasteiger partial charge in [0.05, 0.1) is 27.4 Å². The third kappa shape index (κ3) is 10.2. The number of fused-ring (bicyclic) bond motifs is 2. The number of aliphatic carboxylic acids is 1. The fraction of sp³-hybridized carbons (Fsp3) is 0.280. The number of halogens is 2. The fourth-order valence-electron chi connectivity index (χ4n) is 8.35. The molecular weight excluding hydrogens is 934 g/mol. The number of hydrogen-bond acceptors (Lipinski definition) is 11. The first-order chi connectivity index (χ1) is 32.3. The second-order valence-corrected chi connectivity index (χ2v) is 20.8. The lowest BCUT2D eigenvalue weighted by Crippen LogP contribution is -2.55. The lowest BCUT2D eigenvalue weighted by atomic mass is 9.86. The molecule has 3 aliphatic rings. The fourth-order valence-corrected chi connectivity index (χ4v) is 11.8. The number of anilines is 1. The van der Waals surface area contributed by atoms with Gasteiger partial charge >= 0.3 is 5.97 Å². The van der Waals surface area contributed by atoms with Crippen molar-refractivity contribution in [1.82, 2.24) is 14.6 Å². The Morgan fingerprint density at radius 1 is 0.940 bits per heavy atom. The van der Waals surface area contributed by atoms with E-state index in [2.05, 4.69) is 21.7 Å². The highest BCUT2D eigenvalue weighted by Gasteiger charge is 2.43. The molecule has 3 atom stereocenters. The molecule has 1 aromatic heterocycles. The maximum Gasteiger partial charge on any atom is 0.326 e. The number of benzene rings is 5. The molecule has 1 unspecified atom stereocenters. The molecule has 0 radical (unpaired) electrons. The van der Waals surface area contributed by atoms with Gasteiger partial charge in [-0.3, -0.25) is 4.79 Å². The van der Waals surface area contributed by atoms with E-state index in [1.807, 2.05) is 54.6 Å². The smallest absolute Gasteiger partial charge is 0.326 e. The first kappa shape index (κ1) is 46.0. The lowest BCUT2D eigenvalue weighted by Gasteiger charge is -2.36. The van der Waals surface area contributed by atoms with Crippen LogP contribution in [-0.2, 0) is 45.6 Å². The van der Waals surface area contributed by atoms with Gasteiger partial charge in [-0.25, -0.2) is 18.2 Å².